The van der Waals surface area contributed by atoms with Gasteiger partial charge in [-0.25, -0.2) is 13.6 Å². The van der Waals surface area contributed by atoms with Crippen molar-refractivity contribution < 1.29 is 8.42 Å². The lowest BCUT2D eigenvalue weighted by Gasteiger charge is -2.04. The number of hydrazone groups is 1. The van der Waals surface area contributed by atoms with Gasteiger partial charge in [0.1, 0.15) is 6.07 Å². The molecule has 0 saturated heterocycles. The molecule has 1 aromatic carbocycles. The van der Waals surface area contributed by atoms with E-state index in [1.165, 1.54) is 6.07 Å². The van der Waals surface area contributed by atoms with Crippen molar-refractivity contribution in [2.24, 2.45) is 16.0 Å². The molecule has 0 bridgehead atoms. The Morgan fingerprint density at radius 1 is 1.53 bits per heavy atom. The van der Waals surface area contributed by atoms with E-state index >= 15 is 0 Å². The quantitative estimate of drug-likeness (QED) is 0.330. The lowest BCUT2D eigenvalue weighted by Crippen LogP contribution is -2.21. The van der Waals surface area contributed by atoms with E-state index in [1.54, 1.807) is 24.3 Å². The number of rotatable bonds is 5. The van der Waals surface area contributed by atoms with Gasteiger partial charge in [0.2, 0.25) is 15.7 Å². The van der Waals surface area contributed by atoms with Crippen LogP contribution in [0.4, 0.5) is 5.69 Å². The fourth-order valence-electron chi connectivity index (χ4n) is 1.23. The Balaban J connectivity index is 2.90. The van der Waals surface area contributed by atoms with Crippen LogP contribution in [0, 0.1) is 16.7 Å². The van der Waals surface area contributed by atoms with Crippen molar-refractivity contribution in [1.29, 1.82) is 10.7 Å². The number of amidine groups is 1. The van der Waals surface area contributed by atoms with E-state index in [1.807, 2.05) is 0 Å². The van der Waals surface area contributed by atoms with Gasteiger partial charge in [0, 0.05) is 0 Å². The largest absolute Gasteiger partial charge is 0.382 e. The minimum atomic E-state index is -3.61. The molecule has 0 radical (unpaired) electrons. The van der Waals surface area contributed by atoms with Gasteiger partial charge >= 0.3 is 0 Å². The standard InChI is InChI=1S/C10H12N6O2S/c11-5-9(10(12)13)16-15-8-3-1-2-7(4-8)6-19(14,17)18/h1-4,15H,6H2,(H3,12,13)(H2,14,17,18)/b16-9+. The van der Waals surface area contributed by atoms with Crippen molar-refractivity contribution >= 4 is 27.3 Å². The second-order valence-electron chi connectivity index (χ2n) is 3.61. The molecule has 6 N–H and O–H groups in total. The van der Waals surface area contributed by atoms with Gasteiger partial charge in [-0.05, 0) is 17.7 Å². The molecule has 0 heterocycles. The summed E-state index contributed by atoms with van der Waals surface area (Å²) < 4.78 is 21.9. The van der Waals surface area contributed by atoms with Crippen molar-refractivity contribution in [1.82, 2.24) is 0 Å². The first kappa shape index (κ1) is 14.6. The fourth-order valence-corrected chi connectivity index (χ4v) is 1.87. The Morgan fingerprint density at radius 3 is 2.74 bits per heavy atom. The van der Waals surface area contributed by atoms with Gasteiger partial charge in [-0.1, -0.05) is 12.1 Å². The first-order chi connectivity index (χ1) is 8.81. The van der Waals surface area contributed by atoms with Crippen molar-refractivity contribution in [2.75, 3.05) is 5.43 Å². The highest BCUT2D eigenvalue weighted by atomic mass is 32.2. The molecular formula is C10H12N6O2S. The van der Waals surface area contributed by atoms with Crippen molar-refractivity contribution in [3.8, 4) is 6.07 Å². The van der Waals surface area contributed by atoms with Gasteiger partial charge in [0.15, 0.2) is 5.84 Å². The van der Waals surface area contributed by atoms with Crippen molar-refractivity contribution in [3.63, 3.8) is 0 Å². The molecular weight excluding hydrogens is 268 g/mol. The van der Waals surface area contributed by atoms with Crippen LogP contribution in [-0.4, -0.2) is 20.0 Å². The van der Waals surface area contributed by atoms with E-state index in [4.69, 9.17) is 21.5 Å². The lowest BCUT2D eigenvalue weighted by atomic mass is 10.2. The summed E-state index contributed by atoms with van der Waals surface area (Å²) in [6.07, 6.45) is 0. The van der Waals surface area contributed by atoms with Gasteiger partial charge in [0.05, 0.1) is 11.4 Å². The third-order valence-electron chi connectivity index (χ3n) is 1.95. The maximum absolute atomic E-state index is 11.0. The summed E-state index contributed by atoms with van der Waals surface area (Å²) in [5.74, 6) is -0.764. The zero-order valence-electron chi connectivity index (χ0n) is 9.79. The number of nitrogens with zero attached hydrogens (tertiary/aromatic N) is 2. The van der Waals surface area contributed by atoms with Crippen LogP contribution in [0.15, 0.2) is 29.4 Å². The molecule has 0 aliphatic rings. The second kappa shape index (κ2) is 5.94. The Labute approximate surface area is 110 Å². The second-order valence-corrected chi connectivity index (χ2v) is 5.22. The number of benzene rings is 1. The molecule has 0 aromatic heterocycles. The van der Waals surface area contributed by atoms with Crippen LogP contribution < -0.4 is 16.3 Å². The highest BCUT2D eigenvalue weighted by Gasteiger charge is 2.06. The molecule has 8 nitrogen and oxygen atoms in total. The summed E-state index contributed by atoms with van der Waals surface area (Å²) in [4.78, 5) is 0. The summed E-state index contributed by atoms with van der Waals surface area (Å²) in [6, 6.07) is 7.98. The number of nitrogens with two attached hydrogens (primary N) is 2. The highest BCUT2D eigenvalue weighted by molar-refractivity contribution is 7.88. The molecule has 0 fully saturated rings. The molecule has 1 aromatic rings. The first-order valence-electron chi connectivity index (χ1n) is 4.99. The predicted molar refractivity (Wildman–Crippen MR) is 71.8 cm³/mol. The average molecular weight is 280 g/mol. The van der Waals surface area contributed by atoms with E-state index in [-0.39, 0.29) is 11.5 Å². The predicted octanol–water partition coefficient (Wildman–Crippen LogP) is -0.297. The molecule has 0 spiro atoms. The van der Waals surface area contributed by atoms with Gasteiger partial charge in [0.25, 0.3) is 0 Å². The number of nitrogens with one attached hydrogen (secondary N) is 2. The smallest absolute Gasteiger partial charge is 0.213 e. The molecule has 19 heavy (non-hydrogen) atoms. The maximum Gasteiger partial charge on any atom is 0.213 e. The third-order valence-corrected chi connectivity index (χ3v) is 2.69. The summed E-state index contributed by atoms with van der Waals surface area (Å²) in [6.45, 7) is 0. The number of nitriles is 1. The van der Waals surface area contributed by atoms with Crippen LogP contribution >= 0.6 is 0 Å². The van der Waals surface area contributed by atoms with Crippen LogP contribution in [0.1, 0.15) is 5.56 Å². The summed E-state index contributed by atoms with van der Waals surface area (Å²) >= 11 is 0. The van der Waals surface area contributed by atoms with Crippen LogP contribution in [0.25, 0.3) is 0 Å². The van der Waals surface area contributed by atoms with E-state index in [0.29, 0.717) is 11.3 Å². The molecule has 9 heteroatoms. The van der Waals surface area contributed by atoms with Gasteiger partial charge in [-0.2, -0.15) is 10.4 Å². The number of hydrogen-bond acceptors (Lipinski definition) is 6. The van der Waals surface area contributed by atoms with Gasteiger partial charge in [-0.15, -0.1) is 0 Å². The fraction of sp³-hybridized carbons (Fsp3) is 0.100. The molecule has 100 valence electrons. The average Bonchev–Trinajstić information content (AvgIpc) is 2.27. The van der Waals surface area contributed by atoms with Gasteiger partial charge in [-0.3, -0.25) is 10.8 Å². The maximum atomic E-state index is 11.0. The molecule has 0 unspecified atom stereocenters. The summed E-state index contributed by atoms with van der Waals surface area (Å²) in [5, 5.41) is 24.3. The third kappa shape index (κ3) is 5.15. The SMILES string of the molecule is N#C/C(=N\Nc1cccc(CS(N)(=O)=O)c1)C(=N)N. The van der Waals surface area contributed by atoms with E-state index in [9.17, 15) is 8.42 Å². The van der Waals surface area contributed by atoms with Crippen LogP contribution in [0.5, 0.6) is 0 Å². The van der Waals surface area contributed by atoms with Crippen LogP contribution in [0.3, 0.4) is 0 Å². The van der Waals surface area contributed by atoms with Crippen molar-refractivity contribution in [2.45, 2.75) is 5.75 Å². The van der Waals surface area contributed by atoms with E-state index in [0.717, 1.165) is 0 Å². The van der Waals surface area contributed by atoms with Gasteiger partial charge < -0.3 is 5.73 Å². The zero-order valence-corrected chi connectivity index (χ0v) is 10.6. The number of primary sulfonamides is 1. The number of hydrogen-bond donors (Lipinski definition) is 4. The Hall–Kier alpha value is -2.44. The first-order valence-corrected chi connectivity index (χ1v) is 6.71. The summed E-state index contributed by atoms with van der Waals surface area (Å²) in [7, 11) is -3.61. The molecule has 0 atom stereocenters. The van der Waals surface area contributed by atoms with Crippen LogP contribution in [0.2, 0.25) is 0 Å². The lowest BCUT2D eigenvalue weighted by molar-refractivity contribution is 0.597. The molecule has 0 amide bonds. The highest BCUT2D eigenvalue weighted by Crippen LogP contribution is 2.12. The van der Waals surface area contributed by atoms with Crippen LogP contribution in [-0.2, 0) is 15.8 Å². The number of sulfonamides is 1. The van der Waals surface area contributed by atoms with E-state index < -0.39 is 15.9 Å². The Bertz CT molecular complexity index is 659. The normalized spacial score (nSPS) is 11.7. The molecule has 1 rings (SSSR count). The molecule has 0 aliphatic heterocycles. The Morgan fingerprint density at radius 2 is 2.21 bits per heavy atom. The molecule has 0 saturated carbocycles. The van der Waals surface area contributed by atoms with Crippen molar-refractivity contribution in [3.05, 3.63) is 29.8 Å². The topological polar surface area (TPSA) is 158 Å². The monoisotopic (exact) mass is 280 g/mol. The van der Waals surface area contributed by atoms with E-state index in [2.05, 4.69) is 10.5 Å². The zero-order chi connectivity index (χ0) is 14.5. The Kier molecular flexibility index (Phi) is 4.57. The summed E-state index contributed by atoms with van der Waals surface area (Å²) in [5.41, 5.74) is 8.29. The number of anilines is 1. The molecule has 0 aliphatic carbocycles. The minimum Gasteiger partial charge on any atom is -0.382 e. The minimum absolute atomic E-state index is 0.267.